The van der Waals surface area contributed by atoms with Gasteiger partial charge in [0.1, 0.15) is 22.8 Å². The van der Waals surface area contributed by atoms with Gasteiger partial charge in [-0.05, 0) is 37.2 Å². The summed E-state index contributed by atoms with van der Waals surface area (Å²) in [6.45, 7) is 8.77. The topological polar surface area (TPSA) is 109 Å². The molecule has 270 valence electrons. The first-order valence-electron chi connectivity index (χ1n) is 16.3. The quantitative estimate of drug-likeness (QED) is 0.128. The summed E-state index contributed by atoms with van der Waals surface area (Å²) in [5.74, 6) is -4.66. The van der Waals surface area contributed by atoms with Crippen molar-refractivity contribution in [1.29, 1.82) is 0 Å². The summed E-state index contributed by atoms with van der Waals surface area (Å²) >= 11 is 0.905. The largest absolute Gasteiger partial charge is 0.493 e. The lowest BCUT2D eigenvalue weighted by Crippen LogP contribution is -2.46. The van der Waals surface area contributed by atoms with Crippen molar-refractivity contribution in [2.45, 2.75) is 18.7 Å². The lowest BCUT2D eigenvalue weighted by molar-refractivity contribution is -0.130. The predicted molar refractivity (Wildman–Crippen MR) is 184 cm³/mol. The number of rotatable bonds is 12. The van der Waals surface area contributed by atoms with Crippen LogP contribution in [0.4, 0.5) is 28.0 Å². The van der Waals surface area contributed by atoms with Crippen LogP contribution in [0, 0.1) is 23.3 Å². The number of nitrogens with one attached hydrogen (secondary N) is 2. The molecule has 0 spiro atoms. The molecule has 2 saturated heterocycles. The van der Waals surface area contributed by atoms with Crippen molar-refractivity contribution in [2.75, 3.05) is 64.1 Å². The van der Waals surface area contributed by atoms with Gasteiger partial charge in [0.05, 0.1) is 30.5 Å². The van der Waals surface area contributed by atoms with Crippen LogP contribution in [0.3, 0.4) is 0 Å². The van der Waals surface area contributed by atoms with Crippen molar-refractivity contribution in [3.05, 3.63) is 83.6 Å². The van der Waals surface area contributed by atoms with Crippen molar-refractivity contribution < 1.29 is 41.4 Å². The van der Waals surface area contributed by atoms with Gasteiger partial charge in [-0.3, -0.25) is 9.78 Å². The van der Waals surface area contributed by atoms with Crippen LogP contribution < -0.4 is 25.0 Å². The fourth-order valence-electron chi connectivity index (χ4n) is 5.90. The average Bonchev–Trinajstić information content (AvgIpc) is 3.46. The highest BCUT2D eigenvalue weighted by molar-refractivity contribution is 8.00. The summed E-state index contributed by atoms with van der Waals surface area (Å²) in [4.78, 5) is 34.4. The Morgan fingerprint density at radius 3 is 2.33 bits per heavy atom. The van der Waals surface area contributed by atoms with Crippen molar-refractivity contribution in [3.8, 4) is 23.0 Å². The molecule has 3 heterocycles. The summed E-state index contributed by atoms with van der Waals surface area (Å²) in [6, 6.07) is 8.56. The minimum Gasteiger partial charge on any atom is -0.493 e. The number of benzene rings is 3. The highest BCUT2D eigenvalue weighted by Gasteiger charge is 2.37. The second kappa shape index (κ2) is 16.0. The first-order valence-corrected chi connectivity index (χ1v) is 17.4. The van der Waals surface area contributed by atoms with Gasteiger partial charge in [-0.25, -0.2) is 32.8 Å². The van der Waals surface area contributed by atoms with E-state index in [1.807, 2.05) is 0 Å². The van der Waals surface area contributed by atoms with E-state index in [1.165, 1.54) is 25.4 Å². The SMILES string of the molecule is CCN1CCN(CCCOc2cc3nccc(Oc4c(F)cc(NC(=O)NN5C(=O)CSC5c5c(F)cccc5F)cc4F)c3cc2OC)CC1. The van der Waals surface area contributed by atoms with E-state index >= 15 is 8.78 Å². The molecule has 2 N–H and O–H groups in total. The van der Waals surface area contributed by atoms with Gasteiger partial charge in [0.25, 0.3) is 5.91 Å². The Labute approximate surface area is 295 Å². The number of hydrogen-bond acceptors (Lipinski definition) is 9. The summed E-state index contributed by atoms with van der Waals surface area (Å²) in [6.07, 6.45) is 2.25. The predicted octanol–water partition coefficient (Wildman–Crippen LogP) is 6.31. The Bertz CT molecular complexity index is 1870. The molecular formula is C35H36F4N6O5S. The Balaban J connectivity index is 1.11. The van der Waals surface area contributed by atoms with Crippen molar-refractivity contribution in [2.24, 2.45) is 0 Å². The molecule has 3 aromatic carbocycles. The highest BCUT2D eigenvalue weighted by Crippen LogP contribution is 2.41. The number of fused-ring (bicyclic) bond motifs is 1. The van der Waals surface area contributed by atoms with E-state index in [2.05, 4.69) is 32.5 Å². The third kappa shape index (κ3) is 8.24. The molecule has 1 atom stereocenters. The highest BCUT2D eigenvalue weighted by atomic mass is 32.2. The van der Waals surface area contributed by atoms with E-state index in [9.17, 15) is 18.4 Å². The normalized spacial score (nSPS) is 16.8. The van der Waals surface area contributed by atoms with Gasteiger partial charge in [-0.2, -0.15) is 0 Å². The maximum Gasteiger partial charge on any atom is 0.338 e. The number of halogens is 4. The molecular weight excluding hydrogens is 692 g/mol. The van der Waals surface area contributed by atoms with Crippen molar-refractivity contribution >= 4 is 40.3 Å². The van der Waals surface area contributed by atoms with Crippen molar-refractivity contribution in [3.63, 3.8) is 0 Å². The van der Waals surface area contributed by atoms with E-state index in [0.717, 1.165) is 86.7 Å². The third-order valence-electron chi connectivity index (χ3n) is 8.58. The first kappa shape index (κ1) is 36.0. The zero-order chi connectivity index (χ0) is 36.1. The molecule has 0 radical (unpaired) electrons. The number of nitrogens with zero attached hydrogens (tertiary/aromatic N) is 4. The van der Waals surface area contributed by atoms with Crippen LogP contribution in [0.25, 0.3) is 10.9 Å². The standard InChI is InChI=1S/C35H36F4N6O5S/c1-3-43-11-13-44(14-12-43)10-5-15-49-30-19-27-22(18-29(30)48-2)28(8-9-40-27)50-33-25(38)16-21(17-26(33)39)41-35(47)42-45-31(46)20-51-34(45)32-23(36)6-4-7-24(32)37/h4,6-9,16-19,34H,3,5,10-15,20H2,1-2H3,(H2,41,42,47). The van der Waals surface area contributed by atoms with Gasteiger partial charge in [0, 0.05) is 68.2 Å². The van der Waals surface area contributed by atoms with Crippen LogP contribution >= 0.6 is 11.8 Å². The molecule has 3 amide bonds. The zero-order valence-electron chi connectivity index (χ0n) is 27.9. The van der Waals surface area contributed by atoms with E-state index in [4.69, 9.17) is 14.2 Å². The molecule has 0 saturated carbocycles. The maximum atomic E-state index is 15.3. The van der Waals surface area contributed by atoms with Gasteiger partial charge < -0.3 is 29.3 Å². The number of amides is 3. The Hall–Kier alpha value is -4.80. The summed E-state index contributed by atoms with van der Waals surface area (Å²) in [5.41, 5.74) is 1.93. The van der Waals surface area contributed by atoms with Crippen LogP contribution in [0.5, 0.6) is 23.0 Å². The Morgan fingerprint density at radius 1 is 0.941 bits per heavy atom. The molecule has 2 fully saturated rings. The lowest BCUT2D eigenvalue weighted by Gasteiger charge is -2.33. The number of thioether (sulfide) groups is 1. The van der Waals surface area contributed by atoms with Gasteiger partial charge in [-0.1, -0.05) is 13.0 Å². The molecule has 0 aliphatic carbocycles. The smallest absolute Gasteiger partial charge is 0.338 e. The number of methoxy groups -OCH3 is 1. The number of carbonyl (C=O) groups excluding carboxylic acids is 2. The minimum atomic E-state index is -1.19. The summed E-state index contributed by atoms with van der Waals surface area (Å²) < 4.78 is 76.7. The van der Waals surface area contributed by atoms with Crippen LogP contribution in [0.1, 0.15) is 24.3 Å². The molecule has 11 nitrogen and oxygen atoms in total. The van der Waals surface area contributed by atoms with Gasteiger partial charge in [0.2, 0.25) is 0 Å². The molecule has 16 heteroatoms. The van der Waals surface area contributed by atoms with E-state index < -0.39 is 51.9 Å². The van der Waals surface area contributed by atoms with E-state index in [0.29, 0.717) is 29.0 Å². The lowest BCUT2D eigenvalue weighted by atomic mass is 10.1. The number of piperazine rings is 1. The number of likely N-dealkylation sites (N-methyl/N-ethyl adjacent to an activating group) is 1. The number of hydrazine groups is 1. The third-order valence-corrected chi connectivity index (χ3v) is 9.76. The summed E-state index contributed by atoms with van der Waals surface area (Å²) in [5, 5.41) is 2.22. The molecule has 51 heavy (non-hydrogen) atoms. The first-order chi connectivity index (χ1) is 24.6. The molecule has 1 unspecified atom stereocenters. The number of anilines is 1. The fourth-order valence-corrected chi connectivity index (χ4v) is 7.05. The zero-order valence-corrected chi connectivity index (χ0v) is 28.7. The molecule has 1 aromatic heterocycles. The monoisotopic (exact) mass is 728 g/mol. The van der Waals surface area contributed by atoms with Crippen LogP contribution in [0.15, 0.2) is 54.7 Å². The number of hydrogen-bond donors (Lipinski definition) is 2. The van der Waals surface area contributed by atoms with Crippen LogP contribution in [-0.2, 0) is 4.79 Å². The molecule has 4 aromatic rings. The molecule has 0 bridgehead atoms. The second-order valence-electron chi connectivity index (χ2n) is 11.8. The number of ether oxygens (including phenoxy) is 3. The Morgan fingerprint density at radius 2 is 1.65 bits per heavy atom. The van der Waals surface area contributed by atoms with Crippen molar-refractivity contribution in [1.82, 2.24) is 25.2 Å². The summed E-state index contributed by atoms with van der Waals surface area (Å²) in [7, 11) is 1.48. The maximum absolute atomic E-state index is 15.3. The van der Waals surface area contributed by atoms with Gasteiger partial charge in [-0.15, -0.1) is 11.8 Å². The molecule has 6 rings (SSSR count). The number of urea groups is 1. The van der Waals surface area contributed by atoms with Crippen LogP contribution in [-0.4, -0.2) is 90.5 Å². The number of aromatic nitrogens is 1. The van der Waals surface area contributed by atoms with Gasteiger partial charge >= 0.3 is 6.03 Å². The number of pyridine rings is 1. The van der Waals surface area contributed by atoms with E-state index in [-0.39, 0.29) is 17.2 Å². The molecule has 2 aliphatic heterocycles. The van der Waals surface area contributed by atoms with E-state index in [1.54, 1.807) is 12.1 Å². The second-order valence-corrected chi connectivity index (χ2v) is 12.9. The number of carbonyl (C=O) groups is 2. The van der Waals surface area contributed by atoms with Gasteiger partial charge in [0.15, 0.2) is 28.9 Å². The fraction of sp³-hybridized carbons (Fsp3) is 0.343. The molecule has 2 aliphatic rings. The minimum absolute atomic E-state index is 0.0868. The average molecular weight is 729 g/mol. The van der Waals surface area contributed by atoms with Crippen LogP contribution in [0.2, 0.25) is 0 Å². The Kier molecular flexibility index (Phi) is 11.3.